The van der Waals surface area contributed by atoms with Crippen molar-refractivity contribution in [3.8, 4) is 5.75 Å². The van der Waals surface area contributed by atoms with Gasteiger partial charge in [-0.25, -0.2) is 0 Å². The average molecular weight is 540 g/mol. The summed E-state index contributed by atoms with van der Waals surface area (Å²) < 4.78 is 40.9. The molecule has 30 heavy (non-hydrogen) atoms. The maximum absolute atomic E-state index is 12.6. The molecule has 0 spiro atoms. The topological polar surface area (TPSA) is 67.4 Å². The second-order valence-electron chi connectivity index (χ2n) is 7.13. The van der Waals surface area contributed by atoms with E-state index in [0.717, 1.165) is 52.5 Å². The van der Waals surface area contributed by atoms with Crippen LogP contribution in [0.3, 0.4) is 0 Å². The Labute approximate surface area is 193 Å². The summed E-state index contributed by atoms with van der Waals surface area (Å²) in [5.74, 6) is 1.26. The number of alkyl halides is 2. The molecule has 2 saturated heterocycles. The molecule has 2 aliphatic heterocycles. The smallest absolute Gasteiger partial charge is 0.387 e. The van der Waals surface area contributed by atoms with E-state index in [9.17, 15) is 8.78 Å². The molecule has 0 saturated carbocycles. The molecule has 1 aromatic rings. The fraction of sp³-hybridized carbons (Fsp3) is 0.650. The van der Waals surface area contributed by atoms with Gasteiger partial charge in [0.1, 0.15) is 5.75 Å². The normalized spacial score (nSPS) is 21.2. The van der Waals surface area contributed by atoms with Crippen LogP contribution in [0.1, 0.15) is 12.0 Å². The van der Waals surface area contributed by atoms with E-state index in [1.807, 2.05) is 0 Å². The third-order valence-corrected chi connectivity index (χ3v) is 5.36. The molecule has 2 unspecified atom stereocenters. The van der Waals surface area contributed by atoms with E-state index < -0.39 is 6.61 Å². The summed E-state index contributed by atoms with van der Waals surface area (Å²) in [5.41, 5.74) is 0.643. The molecular formula is C20H31F2IN4O3. The molecule has 3 rings (SSSR count). The average Bonchev–Trinajstić information content (AvgIpc) is 3.26. The zero-order chi connectivity index (χ0) is 20.5. The van der Waals surface area contributed by atoms with E-state index in [-0.39, 0.29) is 29.7 Å². The lowest BCUT2D eigenvalue weighted by Gasteiger charge is -2.37. The lowest BCUT2D eigenvalue weighted by atomic mass is 9.97. The first-order valence-corrected chi connectivity index (χ1v) is 10.0. The van der Waals surface area contributed by atoms with E-state index in [1.165, 1.54) is 6.07 Å². The monoisotopic (exact) mass is 540 g/mol. The minimum absolute atomic E-state index is 0. The molecule has 0 amide bonds. The van der Waals surface area contributed by atoms with Crippen molar-refractivity contribution in [3.63, 3.8) is 0 Å². The molecule has 2 aliphatic rings. The van der Waals surface area contributed by atoms with Gasteiger partial charge in [-0.3, -0.25) is 9.89 Å². The van der Waals surface area contributed by atoms with Gasteiger partial charge in [0, 0.05) is 57.4 Å². The van der Waals surface area contributed by atoms with Crippen LogP contribution in [0, 0.1) is 5.92 Å². The van der Waals surface area contributed by atoms with Crippen LogP contribution in [0.25, 0.3) is 0 Å². The minimum atomic E-state index is -2.85. The Morgan fingerprint density at radius 3 is 2.63 bits per heavy atom. The number of halogens is 3. The minimum Gasteiger partial charge on any atom is -0.434 e. The molecule has 7 nitrogen and oxygen atoms in total. The lowest BCUT2D eigenvalue weighted by molar-refractivity contribution is -0.0504. The first-order valence-electron chi connectivity index (χ1n) is 10.0. The molecule has 0 radical (unpaired) electrons. The van der Waals surface area contributed by atoms with Crippen LogP contribution in [-0.4, -0.2) is 76.6 Å². The number of nitrogens with zero attached hydrogens (tertiary/aromatic N) is 2. The number of hydrogen-bond donors (Lipinski definition) is 2. The van der Waals surface area contributed by atoms with Crippen LogP contribution < -0.4 is 15.4 Å². The van der Waals surface area contributed by atoms with Gasteiger partial charge in [0.25, 0.3) is 0 Å². The van der Waals surface area contributed by atoms with Gasteiger partial charge >= 0.3 is 6.61 Å². The summed E-state index contributed by atoms with van der Waals surface area (Å²) in [6.07, 6.45) is 1.05. The SMILES string of the molecule is CN=C(NCc1ccccc1OC(F)F)NCC(C1CCOC1)N1CCOCC1.I. The zero-order valence-electron chi connectivity index (χ0n) is 17.2. The number of guanidine groups is 1. The molecule has 170 valence electrons. The van der Waals surface area contributed by atoms with Crippen molar-refractivity contribution in [1.29, 1.82) is 0 Å². The van der Waals surface area contributed by atoms with Gasteiger partial charge in [0.05, 0.1) is 19.8 Å². The number of ether oxygens (including phenoxy) is 3. The van der Waals surface area contributed by atoms with Crippen LogP contribution in [0.15, 0.2) is 29.3 Å². The van der Waals surface area contributed by atoms with Gasteiger partial charge in [-0.1, -0.05) is 18.2 Å². The van der Waals surface area contributed by atoms with Gasteiger partial charge < -0.3 is 24.8 Å². The number of benzene rings is 1. The molecule has 1 aromatic carbocycles. The van der Waals surface area contributed by atoms with E-state index in [2.05, 4.69) is 25.3 Å². The predicted octanol–water partition coefficient (Wildman–Crippen LogP) is 2.31. The van der Waals surface area contributed by atoms with Crippen molar-refractivity contribution in [2.45, 2.75) is 25.6 Å². The van der Waals surface area contributed by atoms with E-state index >= 15 is 0 Å². The fourth-order valence-corrected chi connectivity index (χ4v) is 3.82. The van der Waals surface area contributed by atoms with Crippen LogP contribution in [0.4, 0.5) is 8.78 Å². The Balaban J connectivity index is 0.00000320. The van der Waals surface area contributed by atoms with Crippen LogP contribution >= 0.6 is 24.0 Å². The first-order chi connectivity index (χ1) is 14.2. The number of nitrogens with one attached hydrogen (secondary N) is 2. The Bertz CT molecular complexity index is 657. The Hall–Kier alpha value is -1.24. The second-order valence-corrected chi connectivity index (χ2v) is 7.13. The van der Waals surface area contributed by atoms with Crippen molar-refractivity contribution in [2.75, 3.05) is 53.1 Å². The Morgan fingerprint density at radius 1 is 1.20 bits per heavy atom. The molecular weight excluding hydrogens is 509 g/mol. The van der Waals surface area contributed by atoms with E-state index in [1.54, 1.807) is 25.2 Å². The third kappa shape index (κ3) is 7.47. The summed E-state index contributed by atoms with van der Waals surface area (Å²) in [5, 5.41) is 6.57. The quantitative estimate of drug-likeness (QED) is 0.300. The molecule has 2 heterocycles. The first kappa shape index (κ1) is 25.0. The lowest BCUT2D eigenvalue weighted by Crippen LogP contribution is -2.53. The molecule has 0 bridgehead atoms. The van der Waals surface area contributed by atoms with Crippen molar-refractivity contribution in [2.24, 2.45) is 10.9 Å². The van der Waals surface area contributed by atoms with Crippen molar-refractivity contribution in [3.05, 3.63) is 29.8 Å². The van der Waals surface area contributed by atoms with Crippen LogP contribution in [0.2, 0.25) is 0 Å². The van der Waals surface area contributed by atoms with Crippen molar-refractivity contribution in [1.82, 2.24) is 15.5 Å². The van der Waals surface area contributed by atoms with Crippen molar-refractivity contribution < 1.29 is 23.0 Å². The predicted molar refractivity (Wildman–Crippen MR) is 122 cm³/mol. The molecule has 2 atom stereocenters. The van der Waals surface area contributed by atoms with Crippen molar-refractivity contribution >= 4 is 29.9 Å². The Kier molecular flexibility index (Phi) is 11.0. The third-order valence-electron chi connectivity index (χ3n) is 5.36. The standard InChI is InChI=1S/C20H30F2N4O3.HI/c1-23-20(24-12-15-4-2-3-5-18(15)29-19(21)22)25-13-17(16-6-9-28-14-16)26-7-10-27-11-8-26;/h2-5,16-17,19H,6-14H2,1H3,(H2,23,24,25);1H. The zero-order valence-corrected chi connectivity index (χ0v) is 19.5. The number of rotatable bonds is 8. The second kappa shape index (κ2) is 13.2. The number of aliphatic imine (C=N–C) groups is 1. The summed E-state index contributed by atoms with van der Waals surface area (Å²) >= 11 is 0. The highest BCUT2D eigenvalue weighted by Gasteiger charge is 2.31. The van der Waals surface area contributed by atoms with Gasteiger partial charge in [0.15, 0.2) is 5.96 Å². The van der Waals surface area contributed by atoms with Gasteiger partial charge in [-0.15, -0.1) is 24.0 Å². The summed E-state index contributed by atoms with van der Waals surface area (Å²) in [6.45, 7) is 3.10. The molecule has 10 heteroatoms. The van der Waals surface area contributed by atoms with Gasteiger partial charge in [-0.2, -0.15) is 8.78 Å². The molecule has 2 fully saturated rings. The fourth-order valence-electron chi connectivity index (χ4n) is 3.82. The van der Waals surface area contributed by atoms with Crippen LogP contribution in [0.5, 0.6) is 5.75 Å². The van der Waals surface area contributed by atoms with Gasteiger partial charge in [-0.05, 0) is 12.5 Å². The van der Waals surface area contributed by atoms with Crippen LogP contribution in [-0.2, 0) is 16.0 Å². The van der Waals surface area contributed by atoms with E-state index in [0.29, 0.717) is 30.0 Å². The largest absolute Gasteiger partial charge is 0.434 e. The highest BCUT2D eigenvalue weighted by Crippen LogP contribution is 2.22. The number of hydrogen-bond acceptors (Lipinski definition) is 5. The summed E-state index contributed by atoms with van der Waals surface area (Å²) in [6, 6.07) is 7.08. The Morgan fingerprint density at radius 2 is 1.97 bits per heavy atom. The maximum Gasteiger partial charge on any atom is 0.387 e. The highest BCUT2D eigenvalue weighted by molar-refractivity contribution is 14.0. The van der Waals surface area contributed by atoms with Gasteiger partial charge in [0.2, 0.25) is 0 Å². The molecule has 0 aliphatic carbocycles. The summed E-state index contributed by atoms with van der Waals surface area (Å²) in [4.78, 5) is 6.72. The summed E-state index contributed by atoms with van der Waals surface area (Å²) in [7, 11) is 1.69. The number of morpholine rings is 1. The highest BCUT2D eigenvalue weighted by atomic mass is 127. The van der Waals surface area contributed by atoms with E-state index in [4.69, 9.17) is 9.47 Å². The molecule has 2 N–H and O–H groups in total. The maximum atomic E-state index is 12.6. The number of para-hydroxylation sites is 1. The molecule has 0 aromatic heterocycles.